The molecule has 0 aliphatic carbocycles. The number of benzene rings is 1. The highest BCUT2D eigenvalue weighted by Crippen LogP contribution is 2.19. The Kier molecular flexibility index (Phi) is 7.06. The molecule has 1 aliphatic heterocycles. The summed E-state index contributed by atoms with van der Waals surface area (Å²) in [4.78, 5) is 28.7. The van der Waals surface area contributed by atoms with Crippen LogP contribution in [0.5, 0.6) is 5.75 Å². The van der Waals surface area contributed by atoms with Crippen molar-refractivity contribution in [3.8, 4) is 5.75 Å². The van der Waals surface area contributed by atoms with E-state index in [4.69, 9.17) is 4.74 Å². The van der Waals surface area contributed by atoms with Gasteiger partial charge in [0.05, 0.1) is 6.61 Å². The predicted octanol–water partition coefficient (Wildman–Crippen LogP) is 3.26. The predicted molar refractivity (Wildman–Crippen MR) is 103 cm³/mol. The summed E-state index contributed by atoms with van der Waals surface area (Å²) in [5.74, 6) is 1.16. The minimum absolute atomic E-state index is 0.155. The fourth-order valence-electron chi connectivity index (χ4n) is 3.05. The molecule has 0 N–H and O–H groups in total. The summed E-state index contributed by atoms with van der Waals surface area (Å²) in [6, 6.07) is 7.93. The average Bonchev–Trinajstić information content (AvgIpc) is 2.84. The molecule has 1 saturated heterocycles. The third-order valence-corrected chi connectivity index (χ3v) is 4.60. The molecule has 0 saturated carbocycles. The molecular weight excluding hydrogens is 328 g/mol. The van der Waals surface area contributed by atoms with E-state index in [1.165, 1.54) is 5.56 Å². The summed E-state index contributed by atoms with van der Waals surface area (Å²) in [7, 11) is 0. The first-order valence-corrected chi connectivity index (χ1v) is 9.54. The Hall–Kier alpha value is -2.04. The van der Waals surface area contributed by atoms with Crippen molar-refractivity contribution in [3.05, 3.63) is 29.8 Å². The fourth-order valence-corrected chi connectivity index (χ4v) is 3.05. The van der Waals surface area contributed by atoms with E-state index in [0.717, 1.165) is 25.3 Å². The van der Waals surface area contributed by atoms with Crippen LogP contribution >= 0.6 is 0 Å². The van der Waals surface area contributed by atoms with Gasteiger partial charge in [0.15, 0.2) is 0 Å². The molecule has 2 amide bonds. The number of amides is 2. The number of rotatable bonds is 5. The van der Waals surface area contributed by atoms with E-state index < -0.39 is 0 Å². The molecule has 1 aliphatic rings. The molecule has 1 aromatic rings. The topological polar surface area (TPSA) is 49.9 Å². The quantitative estimate of drug-likeness (QED) is 0.757. The van der Waals surface area contributed by atoms with E-state index >= 15 is 0 Å². The lowest BCUT2D eigenvalue weighted by atomic mass is 9.94. The van der Waals surface area contributed by atoms with Gasteiger partial charge in [-0.25, -0.2) is 0 Å². The highest BCUT2D eigenvalue weighted by molar-refractivity contribution is 5.81. The van der Waals surface area contributed by atoms with Crippen LogP contribution in [0.1, 0.15) is 45.6 Å². The molecule has 0 aromatic heterocycles. The van der Waals surface area contributed by atoms with Crippen molar-refractivity contribution < 1.29 is 14.3 Å². The fraction of sp³-hybridized carbons (Fsp3) is 0.619. The number of carbonyl (C=O) groups is 2. The smallest absolute Gasteiger partial charge is 0.228 e. The van der Waals surface area contributed by atoms with Crippen LogP contribution in [0.3, 0.4) is 0 Å². The highest BCUT2D eigenvalue weighted by atomic mass is 16.5. The van der Waals surface area contributed by atoms with Crippen molar-refractivity contribution in [1.82, 2.24) is 9.80 Å². The molecule has 1 aromatic carbocycles. The third-order valence-electron chi connectivity index (χ3n) is 4.60. The monoisotopic (exact) mass is 360 g/mol. The van der Waals surface area contributed by atoms with Gasteiger partial charge in [0.25, 0.3) is 0 Å². The van der Waals surface area contributed by atoms with Gasteiger partial charge in [-0.15, -0.1) is 0 Å². The van der Waals surface area contributed by atoms with Gasteiger partial charge in [-0.1, -0.05) is 38.5 Å². The average molecular weight is 360 g/mol. The number of nitrogens with zero attached hydrogens (tertiary/aromatic N) is 2. The molecule has 2 rings (SSSR count). The lowest BCUT2D eigenvalue weighted by Gasteiger charge is -2.28. The van der Waals surface area contributed by atoms with Crippen LogP contribution in [0.2, 0.25) is 0 Å². The van der Waals surface area contributed by atoms with Crippen molar-refractivity contribution in [3.63, 3.8) is 0 Å². The Balaban J connectivity index is 1.72. The Morgan fingerprint density at radius 2 is 1.62 bits per heavy atom. The highest BCUT2D eigenvalue weighted by Gasteiger charge is 2.29. The zero-order chi connectivity index (χ0) is 19.2. The largest absolute Gasteiger partial charge is 0.494 e. The number of aryl methyl sites for hydroxylation is 1. The molecule has 0 bridgehead atoms. The maximum Gasteiger partial charge on any atom is 0.228 e. The Morgan fingerprint density at radius 1 is 1.00 bits per heavy atom. The summed E-state index contributed by atoms with van der Waals surface area (Å²) >= 11 is 0. The van der Waals surface area contributed by atoms with E-state index in [2.05, 4.69) is 0 Å². The van der Waals surface area contributed by atoms with Crippen LogP contribution in [0.25, 0.3) is 0 Å². The van der Waals surface area contributed by atoms with Gasteiger partial charge in [-0.05, 0) is 31.9 Å². The maximum atomic E-state index is 12.4. The van der Waals surface area contributed by atoms with Crippen LogP contribution in [0.15, 0.2) is 24.3 Å². The first-order valence-electron chi connectivity index (χ1n) is 9.54. The molecule has 5 nitrogen and oxygen atoms in total. The molecule has 0 radical (unpaired) electrons. The Labute approximate surface area is 157 Å². The summed E-state index contributed by atoms with van der Waals surface area (Å²) in [6.07, 6.45) is 2.03. The molecule has 0 atom stereocenters. The third kappa shape index (κ3) is 6.04. The van der Waals surface area contributed by atoms with Crippen molar-refractivity contribution in [2.75, 3.05) is 32.8 Å². The number of ether oxygens (including phenoxy) is 1. The molecule has 144 valence electrons. The normalized spacial score (nSPS) is 15.5. The molecule has 5 heteroatoms. The van der Waals surface area contributed by atoms with Crippen molar-refractivity contribution in [1.29, 1.82) is 0 Å². The molecule has 1 fully saturated rings. The van der Waals surface area contributed by atoms with Crippen molar-refractivity contribution in [2.24, 2.45) is 5.41 Å². The van der Waals surface area contributed by atoms with E-state index in [9.17, 15) is 9.59 Å². The molecule has 0 spiro atoms. The van der Waals surface area contributed by atoms with Crippen LogP contribution in [0.4, 0.5) is 0 Å². The van der Waals surface area contributed by atoms with Crippen LogP contribution < -0.4 is 4.74 Å². The molecular formula is C21H32N2O3. The first kappa shape index (κ1) is 20.3. The van der Waals surface area contributed by atoms with Gasteiger partial charge in [0, 0.05) is 38.0 Å². The van der Waals surface area contributed by atoms with Crippen LogP contribution in [-0.4, -0.2) is 54.4 Å². The summed E-state index contributed by atoms with van der Waals surface area (Å²) in [5, 5.41) is 0. The van der Waals surface area contributed by atoms with E-state index in [1.54, 1.807) is 0 Å². The second kappa shape index (κ2) is 9.06. The summed E-state index contributed by atoms with van der Waals surface area (Å²) in [5.41, 5.74) is 0.833. The summed E-state index contributed by atoms with van der Waals surface area (Å²) in [6.45, 7) is 11.1. The van der Waals surface area contributed by atoms with Gasteiger partial charge in [-0.2, -0.15) is 0 Å². The minimum atomic E-state index is -0.369. The summed E-state index contributed by atoms with van der Waals surface area (Å²) < 4.78 is 5.69. The lowest BCUT2D eigenvalue weighted by Crippen LogP contribution is -2.42. The number of hydrogen-bond donors (Lipinski definition) is 0. The van der Waals surface area contributed by atoms with Gasteiger partial charge < -0.3 is 14.5 Å². The molecule has 26 heavy (non-hydrogen) atoms. The zero-order valence-electron chi connectivity index (χ0n) is 16.6. The second-order valence-corrected chi connectivity index (χ2v) is 8.04. The minimum Gasteiger partial charge on any atom is -0.494 e. The van der Waals surface area contributed by atoms with E-state index in [-0.39, 0.29) is 17.2 Å². The van der Waals surface area contributed by atoms with E-state index in [0.29, 0.717) is 32.5 Å². The van der Waals surface area contributed by atoms with E-state index in [1.807, 2.05) is 61.8 Å². The van der Waals surface area contributed by atoms with Crippen molar-refractivity contribution in [2.45, 2.75) is 47.0 Å². The standard InChI is InChI=1S/C21H32N2O3/c1-17-8-10-18(11-9-17)26-16-5-7-19(24)22-12-6-13-23(15-14-22)20(25)21(2,3)4/h8-11H,5-7,12-16H2,1-4H3. The van der Waals surface area contributed by atoms with Gasteiger partial charge in [0.2, 0.25) is 11.8 Å². The first-order chi connectivity index (χ1) is 12.3. The van der Waals surface area contributed by atoms with Crippen LogP contribution in [-0.2, 0) is 9.59 Å². The van der Waals surface area contributed by atoms with Gasteiger partial charge in [-0.3, -0.25) is 9.59 Å². The van der Waals surface area contributed by atoms with Gasteiger partial charge in [0.1, 0.15) is 5.75 Å². The van der Waals surface area contributed by atoms with Crippen LogP contribution in [0, 0.1) is 12.3 Å². The zero-order valence-corrected chi connectivity index (χ0v) is 16.6. The van der Waals surface area contributed by atoms with Crippen molar-refractivity contribution >= 4 is 11.8 Å². The lowest BCUT2D eigenvalue weighted by molar-refractivity contribution is -0.140. The molecule has 1 heterocycles. The number of hydrogen-bond acceptors (Lipinski definition) is 3. The second-order valence-electron chi connectivity index (χ2n) is 8.04. The Morgan fingerprint density at radius 3 is 2.27 bits per heavy atom. The molecule has 0 unspecified atom stereocenters. The Bertz CT molecular complexity index is 605. The van der Waals surface area contributed by atoms with Gasteiger partial charge >= 0.3 is 0 Å². The SMILES string of the molecule is Cc1ccc(OCCCC(=O)N2CCCN(C(=O)C(C)(C)C)CC2)cc1. The number of carbonyl (C=O) groups excluding carboxylic acids is 2. The maximum absolute atomic E-state index is 12.4.